The molecule has 0 saturated carbocycles. The number of imidazole rings is 1. The van der Waals surface area contributed by atoms with Gasteiger partial charge in [-0.3, -0.25) is 9.36 Å². The highest BCUT2D eigenvalue weighted by atomic mass is 16.3. The molecule has 1 amide bonds. The number of carbonyl (C=O) groups excluding carboxylic acids is 1. The summed E-state index contributed by atoms with van der Waals surface area (Å²) in [7, 11) is 0. The number of nitrogens with zero attached hydrogens (tertiary/aromatic N) is 2. The first kappa shape index (κ1) is 12.9. The zero-order valence-electron chi connectivity index (χ0n) is 11.1. The van der Waals surface area contributed by atoms with Gasteiger partial charge in [0.25, 0.3) is 0 Å². The molecule has 0 aliphatic carbocycles. The third kappa shape index (κ3) is 2.34. The van der Waals surface area contributed by atoms with Gasteiger partial charge in [0.15, 0.2) is 0 Å². The van der Waals surface area contributed by atoms with Crippen LogP contribution in [0, 0.1) is 0 Å². The number of carbonyl (C=O) groups is 1. The minimum atomic E-state index is -0.451. The molecule has 3 rings (SSSR count). The molecule has 20 heavy (non-hydrogen) atoms. The van der Waals surface area contributed by atoms with Crippen LogP contribution in [0.1, 0.15) is 12.8 Å². The molecule has 1 saturated heterocycles. The van der Waals surface area contributed by atoms with E-state index in [1.54, 1.807) is 4.90 Å². The standard InChI is InChI=1S/C14H17N3O3/c18-10-4-3-7-16(8-10)13(19)9-17-12-6-2-1-5-11(12)15-14(17)20/h1-2,5-6,10,18H,3-4,7-9H2,(H,15,20). The van der Waals surface area contributed by atoms with E-state index >= 15 is 0 Å². The van der Waals surface area contributed by atoms with E-state index in [0.29, 0.717) is 13.1 Å². The van der Waals surface area contributed by atoms with E-state index in [9.17, 15) is 14.7 Å². The molecule has 1 atom stereocenters. The number of aromatic amines is 1. The highest BCUT2D eigenvalue weighted by Crippen LogP contribution is 2.12. The molecule has 6 nitrogen and oxygen atoms in total. The maximum atomic E-state index is 12.2. The summed E-state index contributed by atoms with van der Waals surface area (Å²) in [6.45, 7) is 1.01. The number of para-hydroxylation sites is 2. The van der Waals surface area contributed by atoms with E-state index in [2.05, 4.69) is 4.98 Å². The number of aliphatic hydroxyl groups is 1. The van der Waals surface area contributed by atoms with Crippen molar-refractivity contribution in [2.75, 3.05) is 13.1 Å². The van der Waals surface area contributed by atoms with E-state index < -0.39 is 6.10 Å². The Morgan fingerprint density at radius 1 is 1.40 bits per heavy atom. The van der Waals surface area contributed by atoms with E-state index in [1.807, 2.05) is 24.3 Å². The van der Waals surface area contributed by atoms with Gasteiger partial charge in [-0.1, -0.05) is 12.1 Å². The quantitative estimate of drug-likeness (QED) is 0.828. The van der Waals surface area contributed by atoms with Crippen molar-refractivity contribution in [1.29, 1.82) is 0 Å². The maximum Gasteiger partial charge on any atom is 0.326 e. The molecule has 2 heterocycles. The van der Waals surface area contributed by atoms with Gasteiger partial charge in [0.2, 0.25) is 5.91 Å². The number of piperidine rings is 1. The van der Waals surface area contributed by atoms with Crippen molar-refractivity contribution in [3.8, 4) is 0 Å². The van der Waals surface area contributed by atoms with Crippen LogP contribution in [0.5, 0.6) is 0 Å². The Morgan fingerprint density at radius 3 is 3.00 bits per heavy atom. The second-order valence-corrected chi connectivity index (χ2v) is 5.17. The van der Waals surface area contributed by atoms with Crippen LogP contribution in [-0.2, 0) is 11.3 Å². The van der Waals surface area contributed by atoms with E-state index in [1.165, 1.54) is 4.57 Å². The Kier molecular flexibility index (Phi) is 3.31. The first-order chi connectivity index (χ1) is 9.65. The lowest BCUT2D eigenvalue weighted by Gasteiger charge is -2.30. The Labute approximate surface area is 115 Å². The first-order valence-corrected chi connectivity index (χ1v) is 6.78. The van der Waals surface area contributed by atoms with Crippen LogP contribution in [0.2, 0.25) is 0 Å². The number of hydrogen-bond donors (Lipinski definition) is 2. The number of H-pyrrole nitrogens is 1. The van der Waals surface area contributed by atoms with Crippen molar-refractivity contribution in [3.05, 3.63) is 34.7 Å². The normalized spacial score (nSPS) is 19.4. The molecule has 6 heteroatoms. The second-order valence-electron chi connectivity index (χ2n) is 5.17. The number of aromatic nitrogens is 2. The topological polar surface area (TPSA) is 78.3 Å². The smallest absolute Gasteiger partial charge is 0.326 e. The fourth-order valence-electron chi connectivity index (χ4n) is 2.68. The molecule has 2 N–H and O–H groups in total. The SMILES string of the molecule is O=C(Cn1c(=O)[nH]c2ccccc21)N1CCCC(O)C1. The predicted octanol–water partition coefficient (Wildman–Crippen LogP) is 0.313. The van der Waals surface area contributed by atoms with Crippen molar-refractivity contribution in [2.24, 2.45) is 0 Å². The third-order valence-corrected chi connectivity index (χ3v) is 3.72. The minimum Gasteiger partial charge on any atom is -0.391 e. The van der Waals surface area contributed by atoms with Crippen LogP contribution in [0.25, 0.3) is 11.0 Å². The summed E-state index contributed by atoms with van der Waals surface area (Å²) in [5.41, 5.74) is 1.17. The van der Waals surface area contributed by atoms with Crippen molar-refractivity contribution in [2.45, 2.75) is 25.5 Å². The number of nitrogens with one attached hydrogen (secondary N) is 1. The highest BCUT2D eigenvalue weighted by molar-refractivity contribution is 5.80. The first-order valence-electron chi connectivity index (χ1n) is 6.78. The van der Waals surface area contributed by atoms with Gasteiger partial charge in [-0.15, -0.1) is 0 Å². The zero-order valence-corrected chi connectivity index (χ0v) is 11.1. The third-order valence-electron chi connectivity index (χ3n) is 3.72. The molecule has 106 valence electrons. The molecule has 2 aromatic rings. The number of fused-ring (bicyclic) bond motifs is 1. The zero-order chi connectivity index (χ0) is 14.1. The molecule has 1 fully saturated rings. The summed E-state index contributed by atoms with van der Waals surface area (Å²) in [5.74, 6) is -0.129. The molecule has 1 aliphatic rings. The fourth-order valence-corrected chi connectivity index (χ4v) is 2.68. The summed E-state index contributed by atoms with van der Waals surface area (Å²) < 4.78 is 1.44. The number of benzene rings is 1. The molecule has 1 aliphatic heterocycles. The molecule has 1 aromatic carbocycles. The van der Waals surface area contributed by atoms with Gasteiger partial charge >= 0.3 is 5.69 Å². The second kappa shape index (κ2) is 5.13. The van der Waals surface area contributed by atoms with Crippen molar-refractivity contribution in [1.82, 2.24) is 14.5 Å². The van der Waals surface area contributed by atoms with Gasteiger partial charge in [0.1, 0.15) is 6.54 Å². The van der Waals surface area contributed by atoms with Crippen LogP contribution in [0.4, 0.5) is 0 Å². The van der Waals surface area contributed by atoms with Crippen LogP contribution in [-0.4, -0.2) is 44.7 Å². The average molecular weight is 275 g/mol. The number of hydrogen-bond acceptors (Lipinski definition) is 3. The highest BCUT2D eigenvalue weighted by Gasteiger charge is 2.23. The van der Waals surface area contributed by atoms with Crippen molar-refractivity contribution < 1.29 is 9.90 Å². The Balaban J connectivity index is 1.84. The lowest BCUT2D eigenvalue weighted by atomic mass is 10.1. The predicted molar refractivity (Wildman–Crippen MR) is 74.4 cm³/mol. The van der Waals surface area contributed by atoms with Crippen molar-refractivity contribution in [3.63, 3.8) is 0 Å². The molecule has 1 unspecified atom stereocenters. The van der Waals surface area contributed by atoms with Gasteiger partial charge in [-0.25, -0.2) is 4.79 Å². The van der Waals surface area contributed by atoms with Gasteiger partial charge < -0.3 is 15.0 Å². The molecular formula is C14H17N3O3. The number of likely N-dealkylation sites (tertiary alicyclic amines) is 1. The van der Waals surface area contributed by atoms with E-state index in [-0.39, 0.29) is 18.1 Å². The van der Waals surface area contributed by atoms with Gasteiger partial charge in [-0.2, -0.15) is 0 Å². The van der Waals surface area contributed by atoms with Crippen LogP contribution >= 0.6 is 0 Å². The molecule has 0 bridgehead atoms. The average Bonchev–Trinajstić information content (AvgIpc) is 2.75. The molecule has 0 radical (unpaired) electrons. The monoisotopic (exact) mass is 275 g/mol. The molecular weight excluding hydrogens is 258 g/mol. The summed E-state index contributed by atoms with van der Waals surface area (Å²) >= 11 is 0. The van der Waals surface area contributed by atoms with Gasteiger partial charge in [0, 0.05) is 13.1 Å². The van der Waals surface area contributed by atoms with Crippen LogP contribution < -0.4 is 5.69 Å². The number of rotatable bonds is 2. The largest absolute Gasteiger partial charge is 0.391 e. The Hall–Kier alpha value is -2.08. The van der Waals surface area contributed by atoms with E-state index in [4.69, 9.17) is 0 Å². The lowest BCUT2D eigenvalue weighted by Crippen LogP contribution is -2.44. The van der Waals surface area contributed by atoms with Crippen LogP contribution in [0.15, 0.2) is 29.1 Å². The lowest BCUT2D eigenvalue weighted by molar-refractivity contribution is -0.134. The van der Waals surface area contributed by atoms with Gasteiger partial charge in [0.05, 0.1) is 17.1 Å². The number of aliphatic hydroxyl groups excluding tert-OH is 1. The summed E-state index contributed by atoms with van der Waals surface area (Å²) in [6.07, 6.45) is 1.08. The molecule has 0 spiro atoms. The Morgan fingerprint density at radius 2 is 2.20 bits per heavy atom. The summed E-state index contributed by atoms with van der Waals surface area (Å²) in [6, 6.07) is 7.29. The van der Waals surface area contributed by atoms with E-state index in [0.717, 1.165) is 23.9 Å². The number of β-amino-alcohol motifs (C(OH)–C–C–N with tert-alkyl or cyclic N) is 1. The number of amides is 1. The summed E-state index contributed by atoms with van der Waals surface area (Å²) in [5, 5.41) is 9.61. The Bertz CT molecular complexity index is 688. The fraction of sp³-hybridized carbons (Fsp3) is 0.429. The van der Waals surface area contributed by atoms with Gasteiger partial charge in [-0.05, 0) is 25.0 Å². The maximum absolute atomic E-state index is 12.2. The van der Waals surface area contributed by atoms with Crippen molar-refractivity contribution >= 4 is 16.9 Å². The minimum absolute atomic E-state index is 0.00949. The summed E-state index contributed by atoms with van der Waals surface area (Å²) in [4.78, 5) is 28.5. The molecule has 1 aromatic heterocycles. The van der Waals surface area contributed by atoms with Crippen LogP contribution in [0.3, 0.4) is 0 Å².